The van der Waals surface area contributed by atoms with Crippen molar-refractivity contribution in [3.8, 4) is 0 Å². The molecular weight excluding hydrogens is 242 g/mol. The zero-order valence-corrected chi connectivity index (χ0v) is 11.5. The summed E-state index contributed by atoms with van der Waals surface area (Å²) in [5, 5.41) is 9.13. The molecule has 0 aliphatic carbocycles. The molecule has 0 spiro atoms. The van der Waals surface area contributed by atoms with Gasteiger partial charge in [-0.05, 0) is 26.0 Å². The number of aliphatic hydroxyl groups is 1. The van der Waals surface area contributed by atoms with Crippen LogP contribution in [0.5, 0.6) is 0 Å². The van der Waals surface area contributed by atoms with Crippen LogP contribution >= 0.6 is 0 Å². The van der Waals surface area contributed by atoms with Gasteiger partial charge in [0.25, 0.3) is 0 Å². The highest BCUT2D eigenvalue weighted by molar-refractivity contribution is 5.95. The van der Waals surface area contributed by atoms with Gasteiger partial charge in [-0.2, -0.15) is 0 Å². The van der Waals surface area contributed by atoms with Gasteiger partial charge in [0.2, 0.25) is 5.91 Å². The lowest BCUT2D eigenvalue weighted by Crippen LogP contribution is -2.26. The maximum Gasteiger partial charge on any atom is 0.227 e. The van der Waals surface area contributed by atoms with E-state index in [0.29, 0.717) is 13.0 Å². The van der Waals surface area contributed by atoms with Crippen molar-refractivity contribution in [3.05, 3.63) is 18.3 Å². The van der Waals surface area contributed by atoms with Crippen LogP contribution in [0.2, 0.25) is 0 Å². The minimum atomic E-state index is 0.0509. The van der Waals surface area contributed by atoms with Crippen LogP contribution in [-0.4, -0.2) is 42.2 Å². The van der Waals surface area contributed by atoms with E-state index in [0.717, 1.165) is 24.6 Å². The number of anilines is 2. The summed E-state index contributed by atoms with van der Waals surface area (Å²) < 4.78 is 0. The Morgan fingerprint density at radius 2 is 2.16 bits per heavy atom. The van der Waals surface area contributed by atoms with E-state index in [1.807, 2.05) is 12.1 Å². The third-order valence-electron chi connectivity index (χ3n) is 3.59. The van der Waals surface area contributed by atoms with E-state index in [1.54, 1.807) is 11.1 Å². The molecule has 2 heterocycles. The van der Waals surface area contributed by atoms with Crippen molar-refractivity contribution >= 4 is 17.4 Å². The van der Waals surface area contributed by atoms with Crippen molar-refractivity contribution in [2.24, 2.45) is 5.92 Å². The summed E-state index contributed by atoms with van der Waals surface area (Å²) in [6.07, 6.45) is 2.17. The number of aliphatic hydroxyl groups excluding tert-OH is 1. The Morgan fingerprint density at radius 3 is 2.63 bits per heavy atom. The Bertz CT molecular complexity index is 429. The molecule has 0 saturated carbocycles. The normalized spacial score (nSPS) is 19.0. The molecule has 1 amide bonds. The molecule has 1 saturated heterocycles. The second-order valence-corrected chi connectivity index (χ2v) is 4.80. The first-order chi connectivity index (χ1) is 9.19. The fourth-order valence-corrected chi connectivity index (χ4v) is 2.43. The van der Waals surface area contributed by atoms with E-state index in [2.05, 4.69) is 23.7 Å². The number of carbonyl (C=O) groups excluding carboxylic acids is 1. The number of hydrogen-bond donors (Lipinski definition) is 1. The first-order valence-corrected chi connectivity index (χ1v) is 6.81. The van der Waals surface area contributed by atoms with Crippen molar-refractivity contribution in [1.82, 2.24) is 4.98 Å². The van der Waals surface area contributed by atoms with E-state index in [9.17, 15) is 4.79 Å². The predicted octanol–water partition coefficient (Wildman–Crippen LogP) is 1.27. The smallest absolute Gasteiger partial charge is 0.227 e. The monoisotopic (exact) mass is 263 g/mol. The molecule has 1 aromatic heterocycles. The van der Waals surface area contributed by atoms with Crippen LogP contribution in [0.1, 0.15) is 20.3 Å². The number of carbonyl (C=O) groups is 1. The van der Waals surface area contributed by atoms with Gasteiger partial charge in [-0.1, -0.05) is 0 Å². The summed E-state index contributed by atoms with van der Waals surface area (Å²) in [6.45, 7) is 6.66. The largest absolute Gasteiger partial charge is 0.396 e. The van der Waals surface area contributed by atoms with E-state index >= 15 is 0 Å². The number of nitrogens with zero attached hydrogens (tertiary/aromatic N) is 3. The van der Waals surface area contributed by atoms with Crippen LogP contribution in [0.15, 0.2) is 18.3 Å². The Morgan fingerprint density at radius 1 is 1.42 bits per heavy atom. The fraction of sp³-hybridized carbons (Fsp3) is 0.571. The third kappa shape index (κ3) is 2.87. The molecule has 1 atom stereocenters. The zero-order chi connectivity index (χ0) is 13.8. The standard InChI is InChI=1S/C14H21N3O2/c1-3-16(4-2)13-6-5-12(8-15-13)17-9-11(10-18)7-14(17)19/h5-6,8,11,18H,3-4,7,9-10H2,1-2H3. The third-order valence-corrected chi connectivity index (χ3v) is 3.59. The second kappa shape index (κ2) is 6.02. The Balaban J connectivity index is 2.12. The van der Waals surface area contributed by atoms with E-state index in [-0.39, 0.29) is 18.4 Å². The highest BCUT2D eigenvalue weighted by Crippen LogP contribution is 2.25. The van der Waals surface area contributed by atoms with Crippen LogP contribution in [0.25, 0.3) is 0 Å². The average Bonchev–Trinajstić information content (AvgIpc) is 2.82. The maximum atomic E-state index is 11.9. The van der Waals surface area contributed by atoms with Crippen LogP contribution in [0.3, 0.4) is 0 Å². The highest BCUT2D eigenvalue weighted by Gasteiger charge is 2.30. The Kier molecular flexibility index (Phi) is 4.37. The lowest BCUT2D eigenvalue weighted by atomic mass is 10.1. The average molecular weight is 263 g/mol. The highest BCUT2D eigenvalue weighted by atomic mass is 16.3. The Hall–Kier alpha value is -1.62. The van der Waals surface area contributed by atoms with Crippen molar-refractivity contribution in [2.75, 3.05) is 36.0 Å². The van der Waals surface area contributed by atoms with Gasteiger partial charge in [0, 0.05) is 38.6 Å². The molecule has 1 aromatic rings. The van der Waals surface area contributed by atoms with Gasteiger partial charge in [0.1, 0.15) is 5.82 Å². The molecule has 1 unspecified atom stereocenters. The van der Waals surface area contributed by atoms with Crippen molar-refractivity contribution in [1.29, 1.82) is 0 Å². The molecule has 1 N–H and O–H groups in total. The molecule has 1 aliphatic rings. The predicted molar refractivity (Wildman–Crippen MR) is 75.3 cm³/mol. The molecule has 1 fully saturated rings. The summed E-state index contributed by atoms with van der Waals surface area (Å²) >= 11 is 0. The first kappa shape index (κ1) is 13.8. The molecule has 104 valence electrons. The molecule has 5 nitrogen and oxygen atoms in total. The maximum absolute atomic E-state index is 11.9. The molecule has 2 rings (SSSR count). The van der Waals surface area contributed by atoms with Crippen LogP contribution in [-0.2, 0) is 4.79 Å². The molecule has 0 radical (unpaired) electrons. The minimum Gasteiger partial charge on any atom is -0.396 e. The number of pyridine rings is 1. The molecule has 1 aliphatic heterocycles. The van der Waals surface area contributed by atoms with Crippen molar-refractivity contribution in [3.63, 3.8) is 0 Å². The lowest BCUT2D eigenvalue weighted by molar-refractivity contribution is -0.117. The van der Waals surface area contributed by atoms with Gasteiger partial charge in [0.15, 0.2) is 0 Å². The first-order valence-electron chi connectivity index (χ1n) is 6.81. The van der Waals surface area contributed by atoms with E-state index < -0.39 is 0 Å². The van der Waals surface area contributed by atoms with Gasteiger partial charge in [0.05, 0.1) is 11.9 Å². The topological polar surface area (TPSA) is 56.7 Å². The van der Waals surface area contributed by atoms with Gasteiger partial charge in [-0.25, -0.2) is 4.98 Å². The fourth-order valence-electron chi connectivity index (χ4n) is 2.43. The van der Waals surface area contributed by atoms with Gasteiger partial charge >= 0.3 is 0 Å². The van der Waals surface area contributed by atoms with E-state index in [4.69, 9.17) is 5.11 Å². The summed E-state index contributed by atoms with van der Waals surface area (Å²) in [7, 11) is 0. The van der Waals surface area contributed by atoms with Gasteiger partial charge in [-0.15, -0.1) is 0 Å². The summed E-state index contributed by atoms with van der Waals surface area (Å²) in [5.41, 5.74) is 0.817. The second-order valence-electron chi connectivity index (χ2n) is 4.80. The quantitative estimate of drug-likeness (QED) is 0.869. The molecule has 0 aromatic carbocycles. The SMILES string of the molecule is CCN(CC)c1ccc(N2CC(CO)CC2=O)cn1. The molecular formula is C14H21N3O2. The molecule has 19 heavy (non-hydrogen) atoms. The number of amides is 1. The lowest BCUT2D eigenvalue weighted by Gasteiger charge is -2.21. The summed E-state index contributed by atoms with van der Waals surface area (Å²) in [5.74, 6) is 1.05. The molecule has 5 heteroatoms. The van der Waals surface area contributed by atoms with Crippen molar-refractivity contribution in [2.45, 2.75) is 20.3 Å². The van der Waals surface area contributed by atoms with Crippen LogP contribution in [0.4, 0.5) is 11.5 Å². The number of hydrogen-bond acceptors (Lipinski definition) is 4. The number of rotatable bonds is 5. The minimum absolute atomic E-state index is 0.0509. The Labute approximate surface area is 113 Å². The zero-order valence-electron chi connectivity index (χ0n) is 11.5. The summed E-state index contributed by atoms with van der Waals surface area (Å²) in [4.78, 5) is 20.1. The summed E-state index contributed by atoms with van der Waals surface area (Å²) in [6, 6.07) is 3.88. The number of aromatic nitrogens is 1. The van der Waals surface area contributed by atoms with Crippen LogP contribution in [0, 0.1) is 5.92 Å². The van der Waals surface area contributed by atoms with Crippen LogP contribution < -0.4 is 9.80 Å². The van der Waals surface area contributed by atoms with Crippen molar-refractivity contribution < 1.29 is 9.90 Å². The van der Waals surface area contributed by atoms with E-state index in [1.165, 1.54) is 0 Å². The molecule has 0 bridgehead atoms. The van der Waals surface area contributed by atoms with Gasteiger partial charge < -0.3 is 14.9 Å². The van der Waals surface area contributed by atoms with Gasteiger partial charge in [-0.3, -0.25) is 4.79 Å².